The van der Waals surface area contributed by atoms with Crippen LogP contribution < -0.4 is 10.2 Å². The van der Waals surface area contributed by atoms with Crippen LogP contribution in [-0.4, -0.2) is 60.4 Å². The minimum Gasteiger partial charge on any atom is -0.383 e. The van der Waals surface area contributed by atoms with E-state index in [2.05, 4.69) is 32.4 Å². The number of anilines is 2. The summed E-state index contributed by atoms with van der Waals surface area (Å²) < 4.78 is 4.83. The first kappa shape index (κ1) is 18.4. The Bertz CT molecular complexity index is 767. The lowest BCUT2D eigenvalue weighted by atomic mass is 9.98. The molecule has 1 aromatic carbocycles. The fourth-order valence-corrected chi connectivity index (χ4v) is 3.34. The highest BCUT2D eigenvalue weighted by Gasteiger charge is 2.30. The number of hydrogen-bond donors (Lipinski definition) is 1. The van der Waals surface area contributed by atoms with Gasteiger partial charge in [-0.3, -0.25) is 10.1 Å². The van der Waals surface area contributed by atoms with Gasteiger partial charge in [0.15, 0.2) is 5.52 Å². The van der Waals surface area contributed by atoms with Crippen LogP contribution in [0.25, 0.3) is 11.0 Å². The van der Waals surface area contributed by atoms with E-state index in [1.54, 1.807) is 0 Å². The summed E-state index contributed by atoms with van der Waals surface area (Å²) in [6.07, 6.45) is 3.00. The normalized spacial score (nSPS) is 15.8. The Hall–Kier alpha value is -2.42. The molecule has 2 aromatic rings. The maximum Gasteiger partial charge on any atom is 0.323 e. The van der Waals surface area contributed by atoms with E-state index in [0.717, 1.165) is 51.1 Å². The molecule has 26 heavy (non-hydrogen) atoms. The zero-order valence-electron chi connectivity index (χ0n) is 15.6. The molecule has 1 aromatic heterocycles. The SMILES string of the molecule is CC1CCN(c2cc(NCCCN(C)C)c3nonc3c2[N+](=O)[O-])CC1. The summed E-state index contributed by atoms with van der Waals surface area (Å²) in [7, 11) is 4.06. The van der Waals surface area contributed by atoms with E-state index in [9.17, 15) is 10.1 Å². The molecule has 142 valence electrons. The lowest BCUT2D eigenvalue weighted by Gasteiger charge is -2.32. The largest absolute Gasteiger partial charge is 0.383 e. The number of nitrogens with zero attached hydrogens (tertiary/aromatic N) is 5. The second-order valence-electron chi connectivity index (χ2n) is 7.26. The van der Waals surface area contributed by atoms with Crippen LogP contribution in [0.4, 0.5) is 17.1 Å². The zero-order chi connectivity index (χ0) is 18.7. The summed E-state index contributed by atoms with van der Waals surface area (Å²) in [6, 6.07) is 1.83. The number of benzene rings is 1. The third kappa shape index (κ3) is 3.87. The van der Waals surface area contributed by atoms with Gasteiger partial charge in [0.25, 0.3) is 0 Å². The van der Waals surface area contributed by atoms with Crippen molar-refractivity contribution in [2.75, 3.05) is 50.5 Å². The highest BCUT2D eigenvalue weighted by molar-refractivity contribution is 5.99. The van der Waals surface area contributed by atoms with Gasteiger partial charge in [0.2, 0.25) is 5.52 Å². The minimum absolute atomic E-state index is 0.0188. The van der Waals surface area contributed by atoms with Crippen molar-refractivity contribution in [3.8, 4) is 0 Å². The van der Waals surface area contributed by atoms with Crippen molar-refractivity contribution in [2.45, 2.75) is 26.2 Å². The molecule has 9 heteroatoms. The van der Waals surface area contributed by atoms with Gasteiger partial charge in [-0.05, 0) is 62.2 Å². The Labute approximate surface area is 152 Å². The maximum atomic E-state index is 11.7. The molecular weight excluding hydrogens is 336 g/mol. The van der Waals surface area contributed by atoms with E-state index >= 15 is 0 Å². The molecule has 0 unspecified atom stereocenters. The van der Waals surface area contributed by atoms with Crippen LogP contribution >= 0.6 is 0 Å². The van der Waals surface area contributed by atoms with E-state index in [0.29, 0.717) is 17.1 Å². The monoisotopic (exact) mass is 362 g/mol. The first-order chi connectivity index (χ1) is 12.5. The quantitative estimate of drug-likeness (QED) is 0.456. The number of piperidine rings is 1. The smallest absolute Gasteiger partial charge is 0.323 e. The molecule has 1 fully saturated rings. The van der Waals surface area contributed by atoms with Crippen LogP contribution in [0.1, 0.15) is 26.2 Å². The van der Waals surface area contributed by atoms with Crippen LogP contribution in [0.15, 0.2) is 10.7 Å². The van der Waals surface area contributed by atoms with Crippen LogP contribution in [0, 0.1) is 16.0 Å². The van der Waals surface area contributed by atoms with Crippen molar-refractivity contribution >= 4 is 28.1 Å². The molecule has 1 N–H and O–H groups in total. The molecule has 1 aliphatic heterocycles. The molecule has 0 aliphatic carbocycles. The van der Waals surface area contributed by atoms with Gasteiger partial charge >= 0.3 is 5.69 Å². The Balaban J connectivity index is 1.93. The number of nitrogens with one attached hydrogen (secondary N) is 1. The number of rotatable bonds is 7. The molecule has 1 saturated heterocycles. The van der Waals surface area contributed by atoms with Gasteiger partial charge in [0.05, 0.1) is 10.6 Å². The second kappa shape index (κ2) is 7.86. The van der Waals surface area contributed by atoms with Gasteiger partial charge < -0.3 is 15.1 Å². The zero-order valence-corrected chi connectivity index (χ0v) is 15.6. The van der Waals surface area contributed by atoms with Gasteiger partial charge in [-0.15, -0.1) is 0 Å². The summed E-state index contributed by atoms with van der Waals surface area (Å²) in [6.45, 7) is 5.53. The molecule has 9 nitrogen and oxygen atoms in total. The highest BCUT2D eigenvalue weighted by Crippen LogP contribution is 2.40. The molecule has 0 atom stereocenters. The minimum atomic E-state index is -0.379. The number of hydrogen-bond acceptors (Lipinski definition) is 8. The Kier molecular flexibility index (Phi) is 5.55. The summed E-state index contributed by atoms with van der Waals surface area (Å²) in [5, 5.41) is 22.8. The Morgan fingerprint density at radius 3 is 2.69 bits per heavy atom. The van der Waals surface area contributed by atoms with Crippen LogP contribution in [0.2, 0.25) is 0 Å². The summed E-state index contributed by atoms with van der Waals surface area (Å²) in [5.74, 6) is 0.645. The maximum absolute atomic E-state index is 11.7. The summed E-state index contributed by atoms with van der Waals surface area (Å²) in [5.41, 5.74) is 1.94. The van der Waals surface area contributed by atoms with Crippen LogP contribution in [0.5, 0.6) is 0 Å². The average Bonchev–Trinajstić information content (AvgIpc) is 3.07. The predicted molar refractivity (Wildman–Crippen MR) is 101 cm³/mol. The Morgan fingerprint density at radius 2 is 2.04 bits per heavy atom. The lowest BCUT2D eigenvalue weighted by molar-refractivity contribution is -0.382. The van der Waals surface area contributed by atoms with Crippen molar-refractivity contribution in [1.82, 2.24) is 15.2 Å². The summed E-state index contributed by atoms with van der Waals surface area (Å²) >= 11 is 0. The molecule has 2 heterocycles. The number of fused-ring (bicyclic) bond motifs is 1. The third-order valence-electron chi connectivity index (χ3n) is 4.90. The average molecular weight is 362 g/mol. The van der Waals surface area contributed by atoms with E-state index in [4.69, 9.17) is 4.63 Å². The molecular formula is C17H26N6O3. The van der Waals surface area contributed by atoms with Crippen molar-refractivity contribution < 1.29 is 9.55 Å². The fourth-order valence-electron chi connectivity index (χ4n) is 3.34. The van der Waals surface area contributed by atoms with Gasteiger partial charge in [0.1, 0.15) is 5.69 Å². The van der Waals surface area contributed by atoms with E-state index < -0.39 is 0 Å². The van der Waals surface area contributed by atoms with Gasteiger partial charge in [-0.2, -0.15) is 0 Å². The van der Waals surface area contributed by atoms with E-state index in [1.165, 1.54) is 0 Å². The van der Waals surface area contributed by atoms with Crippen molar-refractivity contribution in [1.29, 1.82) is 0 Å². The molecule has 1 aliphatic rings. The fraction of sp³-hybridized carbons (Fsp3) is 0.647. The molecule has 0 spiro atoms. The summed E-state index contributed by atoms with van der Waals surface area (Å²) in [4.78, 5) is 15.5. The van der Waals surface area contributed by atoms with Gasteiger partial charge in [0, 0.05) is 19.6 Å². The first-order valence-electron chi connectivity index (χ1n) is 9.04. The lowest BCUT2D eigenvalue weighted by Crippen LogP contribution is -2.33. The highest BCUT2D eigenvalue weighted by atomic mass is 16.6. The van der Waals surface area contributed by atoms with Crippen molar-refractivity contribution in [3.05, 3.63) is 16.2 Å². The van der Waals surface area contributed by atoms with Crippen molar-refractivity contribution in [3.63, 3.8) is 0 Å². The molecule has 3 rings (SSSR count). The predicted octanol–water partition coefficient (Wildman–Crippen LogP) is 2.73. The first-order valence-corrected chi connectivity index (χ1v) is 9.04. The molecule has 0 saturated carbocycles. The van der Waals surface area contributed by atoms with Gasteiger partial charge in [-0.25, -0.2) is 4.63 Å². The van der Waals surface area contributed by atoms with Crippen LogP contribution in [0.3, 0.4) is 0 Å². The molecule has 0 radical (unpaired) electrons. The number of nitro benzene ring substituents is 1. The standard InChI is InChI=1S/C17H26N6O3/c1-12-5-9-22(10-6-12)14-11-13(18-7-4-8-21(2)3)15-16(20-26-19-15)17(14)23(24)25/h11-12,18H,4-10H2,1-3H3. The molecule has 0 bridgehead atoms. The van der Waals surface area contributed by atoms with Crippen molar-refractivity contribution in [2.24, 2.45) is 5.92 Å². The van der Waals surface area contributed by atoms with Crippen LogP contribution in [-0.2, 0) is 0 Å². The Morgan fingerprint density at radius 1 is 1.35 bits per heavy atom. The number of aromatic nitrogens is 2. The topological polar surface area (TPSA) is 101 Å². The van der Waals surface area contributed by atoms with E-state index in [1.807, 2.05) is 20.2 Å². The van der Waals surface area contributed by atoms with E-state index in [-0.39, 0.29) is 16.1 Å². The number of nitro groups is 1. The third-order valence-corrected chi connectivity index (χ3v) is 4.90. The van der Waals surface area contributed by atoms with Gasteiger partial charge in [-0.1, -0.05) is 6.92 Å². The second-order valence-corrected chi connectivity index (χ2v) is 7.26. The molecule has 0 amide bonds.